The maximum atomic E-state index is 13.0. The third-order valence-corrected chi connectivity index (χ3v) is 9.74. The lowest BCUT2D eigenvalue weighted by Gasteiger charge is -2.17. The lowest BCUT2D eigenvalue weighted by Crippen LogP contribution is -2.68. The number of nitrogens with zero attached hydrogens (tertiary/aromatic N) is 4. The van der Waals surface area contributed by atoms with Crippen LogP contribution >= 0.6 is 11.3 Å². The summed E-state index contributed by atoms with van der Waals surface area (Å²) < 4.78 is 88.8. The fourth-order valence-corrected chi connectivity index (χ4v) is 6.83. The van der Waals surface area contributed by atoms with E-state index in [0.717, 1.165) is 40.0 Å². The number of benzene rings is 2. The van der Waals surface area contributed by atoms with Crippen LogP contribution < -0.4 is 38.5 Å². The fraction of sp³-hybridized carbons (Fsp3) is 0.231. The van der Waals surface area contributed by atoms with Crippen LogP contribution in [-0.4, -0.2) is 32.5 Å². The molecule has 0 saturated heterocycles. The second-order valence-electron chi connectivity index (χ2n) is 9.22. The maximum Gasteiger partial charge on any atom is 0.290 e. The molecule has 0 atom stereocenters. The first kappa shape index (κ1) is 35.9. The largest absolute Gasteiger partial charge is 0.321 e. The van der Waals surface area contributed by atoms with Gasteiger partial charge in [-0.15, -0.1) is 19.7 Å². The minimum absolute atomic E-state index is 0.102. The van der Waals surface area contributed by atoms with Crippen molar-refractivity contribution in [2.24, 2.45) is 16.6 Å². The highest BCUT2D eigenvalue weighted by Gasteiger charge is 2.22. The summed E-state index contributed by atoms with van der Waals surface area (Å²) in [6.45, 7) is 4.19. The summed E-state index contributed by atoms with van der Waals surface area (Å²) in [5.41, 5.74) is 4.68. The predicted molar refractivity (Wildman–Crippen MR) is 151 cm³/mol. The van der Waals surface area contributed by atoms with Crippen LogP contribution in [0.3, 0.4) is 0 Å². The van der Waals surface area contributed by atoms with E-state index in [-0.39, 0.29) is 22.1 Å². The number of aryl methyl sites for hydroxylation is 3. The van der Waals surface area contributed by atoms with Gasteiger partial charge in [0, 0.05) is 37.7 Å². The Morgan fingerprint density at radius 2 is 1.49 bits per heavy atom. The molecule has 0 aliphatic rings. The third kappa shape index (κ3) is 10.5. The summed E-state index contributed by atoms with van der Waals surface area (Å²) in [6, 6.07) is 19.8. The molecule has 15 nitrogen and oxygen atoms in total. The molecule has 19 heteroatoms. The summed E-state index contributed by atoms with van der Waals surface area (Å²) in [5.74, 6) is -0.255. The molecule has 0 aliphatic heterocycles. The van der Waals surface area contributed by atoms with Crippen LogP contribution in [0.25, 0.3) is 11.1 Å². The fourth-order valence-electron chi connectivity index (χ4n) is 4.06. The Bertz CT molecular complexity index is 1910. The van der Waals surface area contributed by atoms with Crippen LogP contribution in [-0.2, 0) is 51.3 Å². The number of primary sulfonamides is 1. The first-order chi connectivity index (χ1) is 20.9. The molecule has 2 heterocycles. The van der Waals surface area contributed by atoms with Crippen LogP contribution in [0.1, 0.15) is 25.2 Å². The molecule has 2 aromatic heterocycles. The Hall–Kier alpha value is -3.59. The molecule has 1 amide bonds. The number of nitrogens with two attached hydrogens (primary N) is 1. The van der Waals surface area contributed by atoms with E-state index in [4.69, 9.17) is 23.8 Å². The number of halogens is 1. The number of sulfonamides is 2. The molecule has 0 unspecified atom stereocenters. The summed E-state index contributed by atoms with van der Waals surface area (Å²) >= 11 is 0.540. The number of anilines is 1. The van der Waals surface area contributed by atoms with Gasteiger partial charge in [0.1, 0.15) is 0 Å². The molecule has 0 bridgehead atoms. The molecule has 45 heavy (non-hydrogen) atoms. The average Bonchev–Trinajstić information content (AvgIpc) is 3.32. The van der Waals surface area contributed by atoms with Crippen LogP contribution in [0.2, 0.25) is 0 Å². The second-order valence-corrected chi connectivity index (χ2v) is 14.3. The number of hydrogen-bond acceptors (Lipinski definition) is 11. The monoisotopic (exact) mass is 700 g/mol. The maximum absolute atomic E-state index is 13.0. The van der Waals surface area contributed by atoms with E-state index in [1.54, 1.807) is 0 Å². The Labute approximate surface area is 265 Å². The minimum atomic E-state index is -4.94. The molecule has 242 valence electrons. The van der Waals surface area contributed by atoms with Gasteiger partial charge in [-0.2, -0.15) is 13.0 Å². The highest BCUT2D eigenvalue weighted by atomic mass is 35.7. The van der Waals surface area contributed by atoms with Crippen molar-refractivity contribution in [3.8, 4) is 11.1 Å². The zero-order valence-electron chi connectivity index (χ0n) is 24.1. The molecule has 4 aromatic rings. The lowest BCUT2D eigenvalue weighted by atomic mass is 10.0. The van der Waals surface area contributed by atoms with Crippen LogP contribution in [0.5, 0.6) is 0 Å². The number of rotatable bonds is 9. The van der Waals surface area contributed by atoms with Crippen molar-refractivity contribution >= 4 is 43.0 Å². The number of hydrogen-bond donors (Lipinski definition) is 2. The molecule has 0 radical (unpaired) electrons. The molecular weight excluding hydrogens is 672 g/mol. The van der Waals surface area contributed by atoms with E-state index in [1.165, 1.54) is 31.3 Å². The van der Waals surface area contributed by atoms with Gasteiger partial charge in [0.25, 0.3) is 26.0 Å². The molecule has 0 spiro atoms. The van der Waals surface area contributed by atoms with Crippen LogP contribution in [0.4, 0.5) is 5.69 Å². The number of nitrogens with one attached hydrogen (secondary N) is 1. The van der Waals surface area contributed by atoms with Gasteiger partial charge in [-0.25, -0.2) is 36.9 Å². The smallest absolute Gasteiger partial charge is 0.290 e. The van der Waals surface area contributed by atoms with E-state index >= 15 is 0 Å². The van der Waals surface area contributed by atoms with E-state index in [9.17, 15) is 21.6 Å². The van der Waals surface area contributed by atoms with Crippen molar-refractivity contribution in [2.75, 3.05) is 5.32 Å². The molecule has 0 aliphatic carbocycles. The SMILES string of the molecule is CCc1cc(-c2ccccc2)cc(CC)[n+]1CC(=O)Nc1ccc(S(=O)(=O)/N=c2\sc(S(N)(=O)=O)nn2C)cc1.[O-][Cl+3]([O-])([O-])[O-]. The standard InChI is InChI=1S/C26H28N6O5S3.ClHO4/c1-4-21-15-19(18-9-7-6-8-10-18)16-22(5-2)32(21)17-24(33)28-20-11-13-23(14-12-20)40(36,37)30-25-31(3)29-26(38-25)39(27,34)35;2-1(3,4)5/h6-16H,4-5,17H2,1-3H3,(H2-,27,28,33,34,35);(H,2,3,4,5)/b30-25-;. The summed E-state index contributed by atoms with van der Waals surface area (Å²) in [6.07, 6.45) is 1.49. The normalized spacial score (nSPS) is 12.4. The van der Waals surface area contributed by atoms with Crippen molar-refractivity contribution in [3.63, 3.8) is 0 Å². The van der Waals surface area contributed by atoms with Crippen molar-refractivity contribution in [1.82, 2.24) is 9.78 Å². The number of aromatic nitrogens is 3. The number of pyridine rings is 1. The minimum Gasteiger partial charge on any atom is -0.321 e. The zero-order valence-corrected chi connectivity index (χ0v) is 27.3. The van der Waals surface area contributed by atoms with Crippen molar-refractivity contribution in [3.05, 3.63) is 82.9 Å². The van der Waals surface area contributed by atoms with Gasteiger partial charge in [0.05, 0.1) is 4.90 Å². The average molecular weight is 701 g/mol. The summed E-state index contributed by atoms with van der Waals surface area (Å²) in [5, 5.41) is 11.6. The zero-order chi connectivity index (χ0) is 33.6. The van der Waals surface area contributed by atoms with Crippen molar-refractivity contribution < 1.29 is 55.1 Å². The van der Waals surface area contributed by atoms with Gasteiger partial charge in [-0.1, -0.05) is 55.5 Å². The van der Waals surface area contributed by atoms with E-state index in [1.807, 2.05) is 36.6 Å². The van der Waals surface area contributed by atoms with Gasteiger partial charge in [0.15, 0.2) is 11.4 Å². The van der Waals surface area contributed by atoms with Crippen LogP contribution in [0.15, 0.2) is 80.4 Å². The molecular formula is C26H29ClN6O9S3. The highest BCUT2D eigenvalue weighted by Crippen LogP contribution is 2.21. The van der Waals surface area contributed by atoms with Crippen LogP contribution in [0, 0.1) is 10.2 Å². The third-order valence-electron chi connectivity index (χ3n) is 6.04. The highest BCUT2D eigenvalue weighted by molar-refractivity contribution is 7.91. The molecule has 0 saturated carbocycles. The summed E-state index contributed by atoms with van der Waals surface area (Å²) in [4.78, 5) is 12.7. The summed E-state index contributed by atoms with van der Waals surface area (Å²) in [7, 11) is -11.9. The van der Waals surface area contributed by atoms with Gasteiger partial charge < -0.3 is 5.32 Å². The number of carbonyl (C=O) groups excluding carboxylic acids is 1. The van der Waals surface area contributed by atoms with E-state index in [0.29, 0.717) is 17.0 Å². The molecule has 0 fully saturated rings. The van der Waals surface area contributed by atoms with Gasteiger partial charge in [-0.3, -0.25) is 4.79 Å². The van der Waals surface area contributed by atoms with Gasteiger partial charge >= 0.3 is 0 Å². The molecule has 3 N–H and O–H groups in total. The Morgan fingerprint density at radius 3 is 1.96 bits per heavy atom. The second kappa shape index (κ2) is 14.7. The van der Waals surface area contributed by atoms with E-state index in [2.05, 4.69) is 39.1 Å². The first-order valence-electron chi connectivity index (χ1n) is 12.9. The Balaban J connectivity index is 0.00000102. The van der Waals surface area contributed by atoms with Crippen molar-refractivity contribution in [2.45, 2.75) is 42.5 Å². The Kier molecular flexibility index (Phi) is 11.7. The quantitative estimate of drug-likeness (QED) is 0.172. The number of carbonyl (C=O) groups is 1. The first-order valence-corrected chi connectivity index (χ1v) is 18.0. The van der Waals surface area contributed by atoms with Crippen molar-refractivity contribution in [1.29, 1.82) is 0 Å². The topological polar surface area (TPSA) is 250 Å². The molecule has 4 rings (SSSR count). The predicted octanol–water partition coefficient (Wildman–Crippen LogP) is -2.62. The number of amides is 1. The molecule has 2 aromatic carbocycles. The van der Waals surface area contributed by atoms with E-state index < -0.39 is 34.6 Å². The van der Waals surface area contributed by atoms with Gasteiger partial charge in [0.2, 0.25) is 15.7 Å². The Morgan fingerprint density at radius 1 is 0.956 bits per heavy atom. The van der Waals surface area contributed by atoms with Gasteiger partial charge in [-0.05, 0) is 35.4 Å². The lowest BCUT2D eigenvalue weighted by molar-refractivity contribution is -2.00.